The van der Waals surface area contributed by atoms with Gasteiger partial charge in [0.05, 0.1) is 6.61 Å². The van der Waals surface area contributed by atoms with E-state index in [1.54, 1.807) is 30.3 Å². The Bertz CT molecular complexity index is 802. The first-order valence-electron chi connectivity index (χ1n) is 9.00. The summed E-state index contributed by atoms with van der Waals surface area (Å²) < 4.78 is 8.31. The zero-order valence-corrected chi connectivity index (χ0v) is 17.7. The van der Waals surface area contributed by atoms with E-state index in [-0.39, 0.29) is 17.0 Å². The van der Waals surface area contributed by atoms with Gasteiger partial charge in [-0.05, 0) is 37.5 Å². The molecule has 0 saturated heterocycles. The minimum Gasteiger partial charge on any atom is -0.380 e. The fourth-order valence-corrected chi connectivity index (χ4v) is 2.32. The van der Waals surface area contributed by atoms with Gasteiger partial charge in [0, 0.05) is 44.2 Å². The predicted molar refractivity (Wildman–Crippen MR) is 109 cm³/mol. The fourth-order valence-electron chi connectivity index (χ4n) is 2.32. The van der Waals surface area contributed by atoms with Crippen molar-refractivity contribution in [3.63, 3.8) is 0 Å². The highest BCUT2D eigenvalue weighted by atomic mass is 16.5. The smallest absolute Gasteiger partial charge is 0.253 e. The highest BCUT2D eigenvalue weighted by molar-refractivity contribution is 5.21. The standard InChI is InChI=1S/C11H17NO2.C8H11NO.C2H6/c1-8(2)10-5-9(7-14-4)6-12(3)11(10)13;1-6-4-5-7(2)9(3)8(6)10;1-2/h5-6,8H,7H2,1-4H3;4-5H,1-3H3;1-2H3. The van der Waals surface area contributed by atoms with Crippen molar-refractivity contribution in [3.05, 3.63) is 67.5 Å². The lowest BCUT2D eigenvalue weighted by molar-refractivity contribution is 0.184. The van der Waals surface area contributed by atoms with Crippen LogP contribution in [0.2, 0.25) is 0 Å². The molecule has 2 rings (SSSR count). The minimum atomic E-state index is 0.0832. The van der Waals surface area contributed by atoms with E-state index in [4.69, 9.17) is 4.74 Å². The summed E-state index contributed by atoms with van der Waals surface area (Å²) in [6, 6.07) is 5.71. The molecule has 0 fully saturated rings. The van der Waals surface area contributed by atoms with Gasteiger partial charge in [0.25, 0.3) is 11.1 Å². The van der Waals surface area contributed by atoms with Crippen molar-refractivity contribution in [2.75, 3.05) is 7.11 Å². The number of hydrogen-bond donors (Lipinski definition) is 0. The Kier molecular flexibility index (Phi) is 10.5. The second-order valence-corrected chi connectivity index (χ2v) is 6.33. The van der Waals surface area contributed by atoms with E-state index in [2.05, 4.69) is 0 Å². The van der Waals surface area contributed by atoms with E-state index in [0.29, 0.717) is 6.61 Å². The van der Waals surface area contributed by atoms with Crippen LogP contribution in [0.25, 0.3) is 0 Å². The number of methoxy groups -OCH3 is 1. The quantitative estimate of drug-likeness (QED) is 0.837. The molecule has 0 spiro atoms. The lowest BCUT2D eigenvalue weighted by Gasteiger charge is -2.09. The highest BCUT2D eigenvalue weighted by Gasteiger charge is 2.07. The summed E-state index contributed by atoms with van der Waals surface area (Å²) in [7, 11) is 5.21. The SMILES string of the molecule is CC.COCc1cc(C(C)C)c(=O)n(C)c1.Cc1ccc(C)n(C)c1=O. The summed E-state index contributed by atoms with van der Waals surface area (Å²) in [5, 5.41) is 0. The molecule has 146 valence electrons. The van der Waals surface area contributed by atoms with Gasteiger partial charge in [0.1, 0.15) is 0 Å². The minimum absolute atomic E-state index is 0.0832. The molecule has 0 aromatic carbocycles. The fraction of sp³-hybridized carbons (Fsp3) is 0.524. The van der Waals surface area contributed by atoms with Crippen molar-refractivity contribution in [2.24, 2.45) is 14.1 Å². The molecule has 0 atom stereocenters. The first kappa shape index (κ1) is 23.9. The van der Waals surface area contributed by atoms with Crippen LogP contribution < -0.4 is 11.1 Å². The molecule has 0 N–H and O–H groups in total. The first-order chi connectivity index (χ1) is 12.2. The second kappa shape index (κ2) is 11.5. The lowest BCUT2D eigenvalue weighted by atomic mass is 10.0. The third-order valence-corrected chi connectivity index (χ3v) is 3.95. The summed E-state index contributed by atoms with van der Waals surface area (Å²) in [6.07, 6.45) is 1.82. The Morgan fingerprint density at radius 2 is 1.62 bits per heavy atom. The summed E-state index contributed by atoms with van der Waals surface area (Å²) in [5.74, 6) is 0.255. The Morgan fingerprint density at radius 3 is 2.08 bits per heavy atom. The van der Waals surface area contributed by atoms with Gasteiger partial charge in [0.2, 0.25) is 0 Å². The van der Waals surface area contributed by atoms with Crippen molar-refractivity contribution in [1.82, 2.24) is 9.13 Å². The van der Waals surface area contributed by atoms with Gasteiger partial charge in [0.15, 0.2) is 0 Å². The number of aromatic nitrogens is 2. The summed E-state index contributed by atoms with van der Waals surface area (Å²) in [4.78, 5) is 22.8. The molecule has 0 bridgehead atoms. The van der Waals surface area contributed by atoms with Gasteiger partial charge in [-0.2, -0.15) is 0 Å². The Morgan fingerprint density at radius 1 is 1.04 bits per heavy atom. The topological polar surface area (TPSA) is 53.2 Å². The third-order valence-electron chi connectivity index (χ3n) is 3.95. The van der Waals surface area contributed by atoms with Crippen LogP contribution in [0.1, 0.15) is 56.0 Å². The van der Waals surface area contributed by atoms with E-state index in [0.717, 1.165) is 22.4 Å². The monoisotopic (exact) mass is 362 g/mol. The molecule has 2 aromatic rings. The number of rotatable bonds is 3. The maximum Gasteiger partial charge on any atom is 0.253 e. The lowest BCUT2D eigenvalue weighted by Crippen LogP contribution is -2.22. The molecular formula is C21H34N2O3. The maximum atomic E-state index is 11.7. The molecule has 0 radical (unpaired) electrons. The highest BCUT2D eigenvalue weighted by Crippen LogP contribution is 2.11. The molecule has 2 aromatic heterocycles. The molecule has 0 aliphatic carbocycles. The van der Waals surface area contributed by atoms with Gasteiger partial charge in [-0.1, -0.05) is 33.8 Å². The van der Waals surface area contributed by atoms with Crippen molar-refractivity contribution in [2.45, 2.75) is 54.1 Å². The molecular weight excluding hydrogens is 328 g/mol. The van der Waals surface area contributed by atoms with Gasteiger partial charge in [-0.3, -0.25) is 9.59 Å². The van der Waals surface area contributed by atoms with Crippen LogP contribution >= 0.6 is 0 Å². The molecule has 5 heteroatoms. The van der Waals surface area contributed by atoms with Crippen molar-refractivity contribution >= 4 is 0 Å². The van der Waals surface area contributed by atoms with Crippen LogP contribution in [0.3, 0.4) is 0 Å². The zero-order valence-electron chi connectivity index (χ0n) is 17.7. The van der Waals surface area contributed by atoms with Gasteiger partial charge < -0.3 is 13.9 Å². The molecule has 5 nitrogen and oxygen atoms in total. The predicted octanol–water partition coefficient (Wildman–Crippen LogP) is 3.68. The van der Waals surface area contributed by atoms with E-state index in [9.17, 15) is 9.59 Å². The Hall–Kier alpha value is -2.14. The number of nitrogens with zero attached hydrogens (tertiary/aromatic N) is 2. The third kappa shape index (κ3) is 6.64. The van der Waals surface area contributed by atoms with E-state index < -0.39 is 0 Å². The van der Waals surface area contributed by atoms with E-state index >= 15 is 0 Å². The summed E-state index contributed by atoms with van der Waals surface area (Å²) in [5.41, 5.74) is 3.86. The van der Waals surface area contributed by atoms with Crippen LogP contribution in [-0.4, -0.2) is 16.2 Å². The second-order valence-electron chi connectivity index (χ2n) is 6.33. The molecule has 0 aliphatic heterocycles. The molecule has 2 heterocycles. The Labute approximate surface area is 157 Å². The van der Waals surface area contributed by atoms with Crippen LogP contribution in [-0.2, 0) is 25.4 Å². The molecule has 0 amide bonds. The molecule has 26 heavy (non-hydrogen) atoms. The molecule has 0 aliphatic rings. The van der Waals surface area contributed by atoms with E-state index in [1.165, 1.54) is 0 Å². The van der Waals surface area contributed by atoms with Crippen molar-refractivity contribution < 1.29 is 4.74 Å². The van der Waals surface area contributed by atoms with Crippen LogP contribution in [0.4, 0.5) is 0 Å². The first-order valence-corrected chi connectivity index (χ1v) is 9.00. The normalized spacial score (nSPS) is 9.92. The van der Waals surface area contributed by atoms with E-state index in [1.807, 2.05) is 65.9 Å². The molecule has 0 unspecified atom stereocenters. The molecule has 0 saturated carbocycles. The van der Waals surface area contributed by atoms with Gasteiger partial charge in [-0.25, -0.2) is 0 Å². The Balaban J connectivity index is 0.000000458. The number of aryl methyl sites for hydroxylation is 3. The summed E-state index contributed by atoms with van der Waals surface area (Å²) in [6.45, 7) is 12.3. The number of pyridine rings is 2. The zero-order chi connectivity index (χ0) is 20.4. The largest absolute Gasteiger partial charge is 0.380 e. The van der Waals surface area contributed by atoms with Crippen LogP contribution in [0.15, 0.2) is 34.0 Å². The number of hydrogen-bond acceptors (Lipinski definition) is 3. The maximum absolute atomic E-state index is 11.7. The average Bonchev–Trinajstić information content (AvgIpc) is 2.62. The summed E-state index contributed by atoms with van der Waals surface area (Å²) >= 11 is 0. The van der Waals surface area contributed by atoms with Gasteiger partial charge in [-0.15, -0.1) is 0 Å². The van der Waals surface area contributed by atoms with Gasteiger partial charge >= 0.3 is 0 Å². The van der Waals surface area contributed by atoms with Crippen LogP contribution in [0.5, 0.6) is 0 Å². The van der Waals surface area contributed by atoms with Crippen molar-refractivity contribution in [3.8, 4) is 0 Å². The average molecular weight is 363 g/mol. The number of ether oxygens (including phenoxy) is 1. The van der Waals surface area contributed by atoms with Crippen LogP contribution in [0, 0.1) is 13.8 Å². The van der Waals surface area contributed by atoms with Crippen molar-refractivity contribution in [1.29, 1.82) is 0 Å².